The fourth-order valence-electron chi connectivity index (χ4n) is 3.37. The van der Waals surface area contributed by atoms with Crippen LogP contribution in [0.4, 0.5) is 0 Å². The molecule has 4 nitrogen and oxygen atoms in total. The summed E-state index contributed by atoms with van der Waals surface area (Å²) >= 11 is 0. The van der Waals surface area contributed by atoms with E-state index in [-0.39, 0.29) is 0 Å². The summed E-state index contributed by atoms with van der Waals surface area (Å²) in [6.07, 6.45) is 20.4. The van der Waals surface area contributed by atoms with E-state index in [1.165, 1.54) is 95.5 Å². The standard InChI is InChI=1S/C22H37BO2.2C2H7N/c1-2-3-4-5-6-7-8-9-10-11-12-13-14-15-16-21-17-19-22(20-18-21)23(24)25;2*1-2-3/h17-20H,2-16H2,1H3;2*2-3H2,1H3/q-2;;/p+2. The summed E-state index contributed by atoms with van der Waals surface area (Å²) in [4.78, 5) is 0. The van der Waals surface area contributed by atoms with Crippen LogP contribution in [0.5, 0.6) is 0 Å². The van der Waals surface area contributed by atoms with Gasteiger partial charge in [0.15, 0.2) is 0 Å². The normalized spacial score (nSPS) is 10.0. The van der Waals surface area contributed by atoms with E-state index in [2.05, 4.69) is 18.4 Å². The van der Waals surface area contributed by atoms with Crippen molar-refractivity contribution in [3.63, 3.8) is 0 Å². The first-order chi connectivity index (χ1) is 15.1. The largest absolute Gasteiger partial charge is 0.889 e. The van der Waals surface area contributed by atoms with Gasteiger partial charge in [0.25, 0.3) is 0 Å². The van der Waals surface area contributed by atoms with Crippen LogP contribution in [0.3, 0.4) is 0 Å². The van der Waals surface area contributed by atoms with E-state index >= 15 is 0 Å². The minimum Gasteiger partial charge on any atom is -0.889 e. The lowest BCUT2D eigenvalue weighted by Crippen LogP contribution is -2.55. The molecule has 0 unspecified atom stereocenters. The quantitative estimate of drug-likeness (QED) is 0.307. The van der Waals surface area contributed by atoms with Gasteiger partial charge in [0.2, 0.25) is 0 Å². The number of hydrogen-bond donors (Lipinski definition) is 2. The highest BCUT2D eigenvalue weighted by Crippen LogP contribution is 2.13. The molecule has 0 saturated carbocycles. The maximum atomic E-state index is 10.8. The first-order valence-corrected chi connectivity index (χ1v) is 13.1. The van der Waals surface area contributed by atoms with Crippen molar-refractivity contribution < 1.29 is 21.5 Å². The molecule has 5 heteroatoms. The summed E-state index contributed by atoms with van der Waals surface area (Å²) in [5.74, 6) is 0. The van der Waals surface area contributed by atoms with Crippen LogP contribution in [0.25, 0.3) is 0 Å². The van der Waals surface area contributed by atoms with Crippen molar-refractivity contribution in [2.75, 3.05) is 13.1 Å². The smallest absolute Gasteiger partial charge is 0.0711 e. The Morgan fingerprint density at radius 3 is 1.23 bits per heavy atom. The number of quaternary nitrogens is 2. The highest BCUT2D eigenvalue weighted by Gasteiger charge is 1.96. The molecule has 0 spiro atoms. The molecule has 1 aromatic carbocycles. The van der Waals surface area contributed by atoms with Gasteiger partial charge in [-0.2, -0.15) is 0 Å². The molecule has 0 aliphatic heterocycles. The average molecular weight is 437 g/mol. The van der Waals surface area contributed by atoms with Crippen LogP contribution in [-0.4, -0.2) is 20.2 Å². The van der Waals surface area contributed by atoms with Crippen molar-refractivity contribution >= 4 is 12.6 Å². The number of hydrogen-bond acceptors (Lipinski definition) is 2. The third-order valence-electron chi connectivity index (χ3n) is 5.07. The average Bonchev–Trinajstić information content (AvgIpc) is 2.75. The molecular weight excluding hydrogens is 383 g/mol. The van der Waals surface area contributed by atoms with Crippen LogP contribution in [-0.2, 0) is 6.42 Å². The van der Waals surface area contributed by atoms with Gasteiger partial charge < -0.3 is 21.5 Å². The SMILES string of the molecule is CCCCCCCCCCCCCCCCc1ccc(B([O-])[O-])cc1.CC[NH3+].CC[NH3+]. The number of unbranched alkanes of at least 4 members (excludes halogenated alkanes) is 13. The van der Waals surface area contributed by atoms with Gasteiger partial charge in [0, 0.05) is 0 Å². The molecular formula is C26H53BN2O2. The minimum atomic E-state index is -1.85. The van der Waals surface area contributed by atoms with Crippen molar-refractivity contribution in [2.45, 2.75) is 117 Å². The molecule has 0 aliphatic carbocycles. The van der Waals surface area contributed by atoms with Gasteiger partial charge in [-0.3, -0.25) is 0 Å². The molecule has 0 radical (unpaired) electrons. The second-order valence-corrected chi connectivity index (χ2v) is 8.42. The van der Waals surface area contributed by atoms with E-state index in [0.29, 0.717) is 5.46 Å². The summed E-state index contributed by atoms with van der Waals surface area (Å²) in [5.41, 5.74) is 8.56. The third-order valence-corrected chi connectivity index (χ3v) is 5.07. The van der Waals surface area contributed by atoms with E-state index < -0.39 is 7.12 Å². The maximum absolute atomic E-state index is 10.8. The van der Waals surface area contributed by atoms with Crippen LogP contribution in [0, 0.1) is 0 Å². The van der Waals surface area contributed by atoms with Crippen molar-refractivity contribution in [1.29, 1.82) is 0 Å². The van der Waals surface area contributed by atoms with Gasteiger partial charge in [0.05, 0.1) is 13.1 Å². The Balaban J connectivity index is 0. The van der Waals surface area contributed by atoms with E-state index in [1.807, 2.05) is 26.0 Å². The molecule has 0 saturated heterocycles. The Hall–Kier alpha value is -0.875. The molecule has 0 aromatic heterocycles. The molecule has 0 fully saturated rings. The van der Waals surface area contributed by atoms with Crippen molar-refractivity contribution in [1.82, 2.24) is 0 Å². The Morgan fingerprint density at radius 2 is 0.903 bits per heavy atom. The van der Waals surface area contributed by atoms with Crippen LogP contribution >= 0.6 is 0 Å². The highest BCUT2D eigenvalue weighted by atomic mass is 16.4. The van der Waals surface area contributed by atoms with Gasteiger partial charge in [-0.05, 0) is 32.3 Å². The molecule has 31 heavy (non-hydrogen) atoms. The number of rotatable bonds is 16. The minimum absolute atomic E-state index is 0.352. The predicted molar refractivity (Wildman–Crippen MR) is 133 cm³/mol. The predicted octanol–water partition coefficient (Wildman–Crippen LogP) is 2.62. The van der Waals surface area contributed by atoms with Gasteiger partial charge in [-0.25, -0.2) is 0 Å². The molecule has 1 aromatic rings. The Labute approximate surface area is 194 Å². The first kappa shape index (κ1) is 32.3. The summed E-state index contributed by atoms with van der Waals surface area (Å²) < 4.78 is 0. The van der Waals surface area contributed by atoms with Crippen LogP contribution in [0.2, 0.25) is 0 Å². The van der Waals surface area contributed by atoms with Gasteiger partial charge in [-0.15, -0.1) is 5.46 Å². The van der Waals surface area contributed by atoms with Gasteiger partial charge in [0.1, 0.15) is 0 Å². The summed E-state index contributed by atoms with van der Waals surface area (Å²) in [5, 5.41) is 21.6. The van der Waals surface area contributed by atoms with E-state index in [1.54, 1.807) is 12.1 Å². The Kier molecular flexibility index (Phi) is 28.3. The molecule has 0 amide bonds. The van der Waals surface area contributed by atoms with Crippen LogP contribution in [0.1, 0.15) is 116 Å². The van der Waals surface area contributed by atoms with Crippen molar-refractivity contribution in [2.24, 2.45) is 0 Å². The second-order valence-electron chi connectivity index (χ2n) is 8.42. The number of benzene rings is 1. The Morgan fingerprint density at radius 1 is 0.581 bits per heavy atom. The zero-order chi connectivity index (χ0) is 23.6. The zero-order valence-corrected chi connectivity index (χ0v) is 21.1. The summed E-state index contributed by atoms with van der Waals surface area (Å²) in [6.45, 7) is 8.30. The van der Waals surface area contributed by atoms with E-state index in [4.69, 9.17) is 0 Å². The summed E-state index contributed by atoms with van der Waals surface area (Å²) in [6, 6.07) is 7.23. The molecule has 6 N–H and O–H groups in total. The summed E-state index contributed by atoms with van der Waals surface area (Å²) in [7, 11) is -1.85. The molecule has 0 atom stereocenters. The van der Waals surface area contributed by atoms with Crippen LogP contribution < -0.4 is 27.0 Å². The molecule has 0 heterocycles. The fourth-order valence-corrected chi connectivity index (χ4v) is 3.37. The molecule has 182 valence electrons. The Bertz CT molecular complexity index is 440. The monoisotopic (exact) mass is 436 g/mol. The third kappa shape index (κ3) is 25.3. The second kappa shape index (κ2) is 27.2. The maximum Gasteiger partial charge on any atom is 0.0711 e. The molecule has 0 aliphatic rings. The number of aryl methyl sites for hydroxylation is 1. The van der Waals surface area contributed by atoms with Gasteiger partial charge in [-0.1, -0.05) is 122 Å². The lowest BCUT2D eigenvalue weighted by Gasteiger charge is -2.26. The van der Waals surface area contributed by atoms with E-state index in [0.717, 1.165) is 19.5 Å². The first-order valence-electron chi connectivity index (χ1n) is 13.1. The fraction of sp³-hybridized carbons (Fsp3) is 0.769. The topological polar surface area (TPSA) is 101 Å². The van der Waals surface area contributed by atoms with Gasteiger partial charge >= 0.3 is 0 Å². The molecule has 1 rings (SSSR count). The van der Waals surface area contributed by atoms with Crippen molar-refractivity contribution in [3.05, 3.63) is 29.8 Å². The highest BCUT2D eigenvalue weighted by molar-refractivity contribution is 6.55. The molecule has 0 bridgehead atoms. The lowest BCUT2D eigenvalue weighted by molar-refractivity contribution is -0.362. The zero-order valence-electron chi connectivity index (χ0n) is 21.1. The van der Waals surface area contributed by atoms with Crippen molar-refractivity contribution in [3.8, 4) is 0 Å². The van der Waals surface area contributed by atoms with E-state index in [9.17, 15) is 10.0 Å². The van der Waals surface area contributed by atoms with Crippen LogP contribution in [0.15, 0.2) is 24.3 Å². The lowest BCUT2D eigenvalue weighted by atomic mass is 9.80.